The molecule has 1 aliphatic rings. The fourth-order valence-corrected chi connectivity index (χ4v) is 2.83. The van der Waals surface area contributed by atoms with Crippen molar-refractivity contribution in [1.29, 1.82) is 0 Å². The highest BCUT2D eigenvalue weighted by atomic mass is 35.5. The minimum Gasteiger partial charge on any atom is -0.497 e. The first-order valence-corrected chi connectivity index (χ1v) is 8.04. The lowest BCUT2D eigenvalue weighted by molar-refractivity contribution is 0.252. The van der Waals surface area contributed by atoms with Crippen molar-refractivity contribution in [1.82, 2.24) is 4.90 Å². The van der Waals surface area contributed by atoms with Crippen LogP contribution in [0.25, 0.3) is 0 Å². The molecule has 1 aliphatic heterocycles. The molecule has 1 fully saturated rings. The number of halogens is 1. The Morgan fingerprint density at radius 1 is 1.10 bits per heavy atom. The molecule has 1 aromatic rings. The van der Waals surface area contributed by atoms with Crippen molar-refractivity contribution >= 4 is 17.3 Å². The summed E-state index contributed by atoms with van der Waals surface area (Å²) in [5, 5.41) is 0. The molecule has 0 atom stereocenters. The fraction of sp³-hybridized carbons (Fsp3) is 0.625. The number of unbranched alkanes of at least 4 members (excludes halogenated alkanes) is 2. The molecule has 0 aliphatic carbocycles. The highest BCUT2D eigenvalue weighted by molar-refractivity contribution is 6.17. The average molecular weight is 297 g/mol. The maximum Gasteiger partial charge on any atom is 0.120 e. The Morgan fingerprint density at radius 3 is 2.60 bits per heavy atom. The van der Waals surface area contributed by atoms with Gasteiger partial charge in [0.25, 0.3) is 0 Å². The molecule has 1 aromatic carbocycles. The molecular weight excluding hydrogens is 272 g/mol. The van der Waals surface area contributed by atoms with Crippen molar-refractivity contribution < 1.29 is 4.74 Å². The van der Waals surface area contributed by atoms with Crippen LogP contribution in [0.15, 0.2) is 24.3 Å². The van der Waals surface area contributed by atoms with Crippen molar-refractivity contribution in [2.45, 2.75) is 19.3 Å². The molecular formula is C16H25ClN2O. The lowest BCUT2D eigenvalue weighted by Gasteiger charge is -2.36. The molecule has 0 N–H and O–H groups in total. The van der Waals surface area contributed by atoms with E-state index in [9.17, 15) is 0 Å². The lowest BCUT2D eigenvalue weighted by Crippen LogP contribution is -2.46. The van der Waals surface area contributed by atoms with E-state index in [4.69, 9.17) is 16.3 Å². The second-order valence-corrected chi connectivity index (χ2v) is 5.66. The molecule has 0 saturated carbocycles. The summed E-state index contributed by atoms with van der Waals surface area (Å²) < 4.78 is 5.30. The molecule has 3 nitrogen and oxygen atoms in total. The van der Waals surface area contributed by atoms with Crippen LogP contribution < -0.4 is 9.64 Å². The molecule has 0 aromatic heterocycles. The summed E-state index contributed by atoms with van der Waals surface area (Å²) in [5.74, 6) is 1.73. The summed E-state index contributed by atoms with van der Waals surface area (Å²) in [6.45, 7) is 5.71. The van der Waals surface area contributed by atoms with Gasteiger partial charge in [-0.25, -0.2) is 0 Å². The molecule has 0 radical (unpaired) electrons. The zero-order chi connectivity index (χ0) is 14.2. The Morgan fingerprint density at radius 2 is 1.90 bits per heavy atom. The Hall–Kier alpha value is -0.930. The summed E-state index contributed by atoms with van der Waals surface area (Å²) in [6.07, 6.45) is 3.66. The van der Waals surface area contributed by atoms with E-state index in [1.54, 1.807) is 7.11 Å². The number of nitrogens with zero attached hydrogens (tertiary/aromatic N) is 2. The number of hydrogen-bond acceptors (Lipinski definition) is 3. The normalized spacial score (nSPS) is 16.4. The van der Waals surface area contributed by atoms with Crippen LogP contribution in [0, 0.1) is 0 Å². The third-order valence-corrected chi connectivity index (χ3v) is 4.17. The van der Waals surface area contributed by atoms with Crippen molar-refractivity contribution in [3.63, 3.8) is 0 Å². The van der Waals surface area contributed by atoms with Crippen LogP contribution in [-0.2, 0) is 0 Å². The number of ether oxygens (including phenoxy) is 1. The summed E-state index contributed by atoms with van der Waals surface area (Å²) in [5.41, 5.74) is 1.27. The smallest absolute Gasteiger partial charge is 0.120 e. The Bertz CT molecular complexity index is 392. The first kappa shape index (κ1) is 15.5. The molecule has 1 heterocycles. The maximum atomic E-state index is 5.70. The zero-order valence-electron chi connectivity index (χ0n) is 12.4. The average Bonchev–Trinajstić information content (AvgIpc) is 2.52. The Balaban J connectivity index is 1.76. The first-order valence-electron chi connectivity index (χ1n) is 7.51. The van der Waals surface area contributed by atoms with E-state index in [1.807, 2.05) is 6.07 Å². The number of rotatable bonds is 7. The standard InChI is InChI=1S/C16H25ClN2O/c1-20-16-7-5-6-15(14-16)19-12-10-18(11-13-19)9-4-2-3-8-17/h5-7,14H,2-4,8-13H2,1H3. The maximum absolute atomic E-state index is 5.70. The van der Waals surface area contributed by atoms with Gasteiger partial charge in [-0.1, -0.05) is 12.5 Å². The van der Waals surface area contributed by atoms with E-state index in [0.717, 1.165) is 44.2 Å². The highest BCUT2D eigenvalue weighted by Gasteiger charge is 2.16. The van der Waals surface area contributed by atoms with Crippen LogP contribution in [0.2, 0.25) is 0 Å². The van der Waals surface area contributed by atoms with Gasteiger partial charge in [0.15, 0.2) is 0 Å². The third-order valence-electron chi connectivity index (χ3n) is 3.90. The molecule has 0 unspecified atom stereocenters. The van der Waals surface area contributed by atoms with E-state index in [1.165, 1.54) is 25.1 Å². The van der Waals surface area contributed by atoms with Crippen molar-refractivity contribution in [2.75, 3.05) is 50.6 Å². The van der Waals surface area contributed by atoms with Gasteiger partial charge in [-0.15, -0.1) is 11.6 Å². The summed E-state index contributed by atoms with van der Waals surface area (Å²) >= 11 is 5.70. The first-order chi connectivity index (χ1) is 9.83. The number of methoxy groups -OCH3 is 1. The minimum absolute atomic E-state index is 0.795. The van der Waals surface area contributed by atoms with Crippen molar-refractivity contribution in [2.24, 2.45) is 0 Å². The highest BCUT2D eigenvalue weighted by Crippen LogP contribution is 2.22. The van der Waals surface area contributed by atoms with E-state index < -0.39 is 0 Å². The van der Waals surface area contributed by atoms with Gasteiger partial charge in [-0.2, -0.15) is 0 Å². The summed E-state index contributed by atoms with van der Waals surface area (Å²) in [7, 11) is 1.72. The number of benzene rings is 1. The van der Waals surface area contributed by atoms with Gasteiger partial charge in [0.2, 0.25) is 0 Å². The molecule has 112 valence electrons. The van der Waals surface area contributed by atoms with E-state index in [0.29, 0.717) is 0 Å². The van der Waals surface area contributed by atoms with E-state index >= 15 is 0 Å². The van der Waals surface area contributed by atoms with Gasteiger partial charge < -0.3 is 9.64 Å². The van der Waals surface area contributed by atoms with Crippen LogP contribution in [0.5, 0.6) is 5.75 Å². The Kier molecular flexibility index (Phi) is 6.48. The monoisotopic (exact) mass is 296 g/mol. The molecule has 4 heteroatoms. The third kappa shape index (κ3) is 4.57. The molecule has 0 bridgehead atoms. The minimum atomic E-state index is 0.795. The van der Waals surface area contributed by atoms with E-state index in [-0.39, 0.29) is 0 Å². The number of hydrogen-bond donors (Lipinski definition) is 0. The fourth-order valence-electron chi connectivity index (χ4n) is 2.64. The van der Waals surface area contributed by atoms with Gasteiger partial charge in [0.1, 0.15) is 5.75 Å². The van der Waals surface area contributed by atoms with Crippen LogP contribution in [0.1, 0.15) is 19.3 Å². The predicted molar refractivity (Wildman–Crippen MR) is 86.2 cm³/mol. The number of piperazine rings is 1. The second kappa shape index (κ2) is 8.38. The zero-order valence-corrected chi connectivity index (χ0v) is 13.1. The van der Waals surface area contributed by atoms with Crippen molar-refractivity contribution in [3.8, 4) is 5.75 Å². The van der Waals surface area contributed by atoms with Gasteiger partial charge in [-0.3, -0.25) is 4.90 Å². The molecule has 2 rings (SSSR count). The quantitative estimate of drug-likeness (QED) is 0.567. The number of anilines is 1. The summed E-state index contributed by atoms with van der Waals surface area (Å²) in [6, 6.07) is 8.35. The molecule has 1 saturated heterocycles. The van der Waals surface area contributed by atoms with Crippen molar-refractivity contribution in [3.05, 3.63) is 24.3 Å². The lowest BCUT2D eigenvalue weighted by atomic mass is 10.2. The molecule has 0 spiro atoms. The largest absolute Gasteiger partial charge is 0.497 e. The topological polar surface area (TPSA) is 15.7 Å². The van der Waals surface area contributed by atoms with Crippen LogP contribution in [0.4, 0.5) is 5.69 Å². The van der Waals surface area contributed by atoms with Gasteiger partial charge >= 0.3 is 0 Å². The van der Waals surface area contributed by atoms with Gasteiger partial charge in [0.05, 0.1) is 7.11 Å². The Labute approximate surface area is 127 Å². The summed E-state index contributed by atoms with van der Waals surface area (Å²) in [4.78, 5) is 5.00. The molecule has 20 heavy (non-hydrogen) atoms. The molecule has 0 amide bonds. The number of alkyl halides is 1. The van der Waals surface area contributed by atoms with Gasteiger partial charge in [0, 0.05) is 43.8 Å². The van der Waals surface area contributed by atoms with E-state index in [2.05, 4.69) is 28.0 Å². The second-order valence-electron chi connectivity index (χ2n) is 5.28. The predicted octanol–water partition coefficient (Wildman–Crippen LogP) is 3.23. The van der Waals surface area contributed by atoms with Crippen LogP contribution >= 0.6 is 11.6 Å². The van der Waals surface area contributed by atoms with Crippen LogP contribution in [-0.4, -0.2) is 50.6 Å². The van der Waals surface area contributed by atoms with Crippen LogP contribution in [0.3, 0.4) is 0 Å². The SMILES string of the molecule is COc1cccc(N2CCN(CCCCCCl)CC2)c1. The van der Waals surface area contributed by atoms with Gasteiger partial charge in [-0.05, 0) is 31.5 Å².